The van der Waals surface area contributed by atoms with Crippen molar-refractivity contribution >= 4 is 5.78 Å². The van der Waals surface area contributed by atoms with Gasteiger partial charge in [-0.1, -0.05) is 6.07 Å². The summed E-state index contributed by atoms with van der Waals surface area (Å²) >= 11 is 0. The number of aryl methyl sites for hydroxylation is 2. The third-order valence-corrected chi connectivity index (χ3v) is 3.42. The molecule has 0 saturated carbocycles. The van der Waals surface area contributed by atoms with Crippen molar-refractivity contribution in [2.24, 2.45) is 0 Å². The van der Waals surface area contributed by atoms with Gasteiger partial charge in [0, 0.05) is 13.7 Å². The molecule has 1 heterocycles. The number of ether oxygens (including phenoxy) is 1. The van der Waals surface area contributed by atoms with E-state index >= 15 is 0 Å². The Bertz CT molecular complexity index is 450. The summed E-state index contributed by atoms with van der Waals surface area (Å²) in [6.07, 6.45) is 0.634. The van der Waals surface area contributed by atoms with Crippen molar-refractivity contribution in [2.75, 3.05) is 13.7 Å². The number of hydrogen-bond acceptors (Lipinski definition) is 3. The second-order valence-corrected chi connectivity index (χ2v) is 4.86. The van der Waals surface area contributed by atoms with Crippen LogP contribution in [0.4, 0.5) is 4.39 Å². The van der Waals surface area contributed by atoms with Gasteiger partial charge < -0.3 is 10.1 Å². The van der Waals surface area contributed by atoms with Gasteiger partial charge in [-0.2, -0.15) is 0 Å². The highest BCUT2D eigenvalue weighted by atomic mass is 19.1. The third-order valence-electron chi connectivity index (χ3n) is 3.42. The van der Waals surface area contributed by atoms with Crippen LogP contribution in [0.1, 0.15) is 27.9 Å². The Morgan fingerprint density at radius 2 is 2.17 bits per heavy atom. The molecule has 0 spiro atoms. The molecule has 2 atom stereocenters. The molecule has 1 fully saturated rings. The largest absolute Gasteiger partial charge is 0.380 e. The fourth-order valence-corrected chi connectivity index (χ4v) is 2.48. The maximum absolute atomic E-state index is 13.9. The van der Waals surface area contributed by atoms with Crippen LogP contribution >= 0.6 is 0 Å². The molecule has 1 aromatic carbocycles. The van der Waals surface area contributed by atoms with Gasteiger partial charge >= 0.3 is 0 Å². The molecule has 1 saturated heterocycles. The monoisotopic (exact) mass is 251 g/mol. The quantitative estimate of drug-likeness (QED) is 0.835. The molecule has 0 bridgehead atoms. The molecule has 1 N–H and O–H groups in total. The van der Waals surface area contributed by atoms with Crippen LogP contribution in [0.2, 0.25) is 0 Å². The van der Waals surface area contributed by atoms with Gasteiger partial charge in [-0.15, -0.1) is 0 Å². The molecule has 1 aliphatic heterocycles. The summed E-state index contributed by atoms with van der Waals surface area (Å²) in [5, 5.41) is 3.08. The maximum atomic E-state index is 13.9. The van der Waals surface area contributed by atoms with Gasteiger partial charge in [0.2, 0.25) is 0 Å². The van der Waals surface area contributed by atoms with Crippen molar-refractivity contribution in [3.63, 3.8) is 0 Å². The van der Waals surface area contributed by atoms with Crippen molar-refractivity contribution in [1.29, 1.82) is 0 Å². The van der Waals surface area contributed by atoms with Gasteiger partial charge in [-0.25, -0.2) is 4.39 Å². The Labute approximate surface area is 106 Å². The second kappa shape index (κ2) is 5.16. The van der Waals surface area contributed by atoms with E-state index < -0.39 is 5.82 Å². The first-order valence-corrected chi connectivity index (χ1v) is 6.10. The smallest absolute Gasteiger partial charge is 0.183 e. The van der Waals surface area contributed by atoms with E-state index in [0.717, 1.165) is 5.56 Å². The number of nitrogens with one attached hydrogen (secondary N) is 1. The summed E-state index contributed by atoms with van der Waals surface area (Å²) in [5.74, 6) is -0.607. The number of ketones is 1. The van der Waals surface area contributed by atoms with Crippen molar-refractivity contribution in [1.82, 2.24) is 5.32 Å². The molecule has 1 aliphatic rings. The molecule has 3 nitrogen and oxygen atoms in total. The lowest BCUT2D eigenvalue weighted by Crippen LogP contribution is -2.31. The van der Waals surface area contributed by atoms with Crippen LogP contribution in [0.3, 0.4) is 0 Å². The lowest BCUT2D eigenvalue weighted by Gasteiger charge is -2.13. The average molecular weight is 251 g/mol. The lowest BCUT2D eigenvalue weighted by molar-refractivity contribution is 0.0914. The Morgan fingerprint density at radius 3 is 2.72 bits per heavy atom. The standard InChI is InChI=1S/C14H18FNO2/c1-8-4-9(2)13(11(15)5-8)14(17)12-6-10(18-3)7-16-12/h4-5,10,12,16H,6-7H2,1-3H3. The molecule has 0 aromatic heterocycles. The highest BCUT2D eigenvalue weighted by molar-refractivity contribution is 6.01. The highest BCUT2D eigenvalue weighted by Gasteiger charge is 2.31. The van der Waals surface area contributed by atoms with E-state index in [9.17, 15) is 9.18 Å². The van der Waals surface area contributed by atoms with Crippen LogP contribution in [0.25, 0.3) is 0 Å². The molecule has 2 unspecified atom stereocenters. The third kappa shape index (κ3) is 2.44. The SMILES string of the molecule is COC1CNC(C(=O)c2c(C)cc(C)cc2F)C1. The summed E-state index contributed by atoms with van der Waals surface area (Å²) in [7, 11) is 1.62. The van der Waals surface area contributed by atoms with Crippen LogP contribution in [0.5, 0.6) is 0 Å². The van der Waals surface area contributed by atoms with Crippen LogP contribution in [-0.4, -0.2) is 31.6 Å². The minimum atomic E-state index is -0.430. The fraction of sp³-hybridized carbons (Fsp3) is 0.500. The first-order chi connectivity index (χ1) is 8.52. The van der Waals surface area contributed by atoms with Crippen LogP contribution < -0.4 is 5.32 Å². The number of benzene rings is 1. The van der Waals surface area contributed by atoms with Gasteiger partial charge in [0.15, 0.2) is 5.78 Å². The molecule has 0 aliphatic carbocycles. The second-order valence-electron chi connectivity index (χ2n) is 4.86. The van der Waals surface area contributed by atoms with Gasteiger partial charge in [0.25, 0.3) is 0 Å². The zero-order valence-corrected chi connectivity index (χ0v) is 10.9. The summed E-state index contributed by atoms with van der Waals surface area (Å²) in [5.41, 5.74) is 1.73. The predicted octanol–water partition coefficient (Wildman–Crippen LogP) is 2.00. The van der Waals surface area contributed by atoms with E-state index in [1.54, 1.807) is 14.0 Å². The fourth-order valence-electron chi connectivity index (χ4n) is 2.48. The van der Waals surface area contributed by atoms with E-state index in [4.69, 9.17) is 4.74 Å². The number of carbonyl (C=O) groups is 1. The summed E-state index contributed by atoms with van der Waals surface area (Å²) in [4.78, 5) is 12.3. The molecular formula is C14H18FNO2. The van der Waals surface area contributed by atoms with Gasteiger partial charge in [0.1, 0.15) is 5.82 Å². The van der Waals surface area contributed by atoms with Crippen LogP contribution in [0, 0.1) is 19.7 Å². The number of carbonyl (C=O) groups excluding carboxylic acids is 1. The highest BCUT2D eigenvalue weighted by Crippen LogP contribution is 2.21. The van der Waals surface area contributed by atoms with Gasteiger partial charge in [-0.3, -0.25) is 4.79 Å². The minimum Gasteiger partial charge on any atom is -0.380 e. The number of methoxy groups -OCH3 is 1. The van der Waals surface area contributed by atoms with E-state index in [1.807, 2.05) is 13.0 Å². The van der Waals surface area contributed by atoms with Crippen molar-refractivity contribution in [3.8, 4) is 0 Å². The number of rotatable bonds is 3. The van der Waals surface area contributed by atoms with Crippen molar-refractivity contribution in [3.05, 3.63) is 34.6 Å². The first-order valence-electron chi connectivity index (χ1n) is 6.10. The molecule has 4 heteroatoms. The molecule has 1 aromatic rings. The first kappa shape index (κ1) is 13.2. The Balaban J connectivity index is 2.25. The molecule has 2 rings (SSSR count). The topological polar surface area (TPSA) is 38.3 Å². The maximum Gasteiger partial charge on any atom is 0.183 e. The van der Waals surface area contributed by atoms with Gasteiger partial charge in [-0.05, 0) is 37.5 Å². The van der Waals surface area contributed by atoms with Crippen molar-refractivity contribution in [2.45, 2.75) is 32.4 Å². The van der Waals surface area contributed by atoms with E-state index in [1.165, 1.54) is 6.07 Å². The predicted molar refractivity (Wildman–Crippen MR) is 67.4 cm³/mol. The van der Waals surface area contributed by atoms with Crippen LogP contribution in [0.15, 0.2) is 12.1 Å². The summed E-state index contributed by atoms with van der Waals surface area (Å²) in [6.45, 7) is 4.23. The molecule has 18 heavy (non-hydrogen) atoms. The minimum absolute atomic E-state index is 0.0350. The summed E-state index contributed by atoms with van der Waals surface area (Å²) in [6, 6.07) is 2.90. The van der Waals surface area contributed by atoms with Crippen LogP contribution in [-0.2, 0) is 4.74 Å². The molecule has 0 amide bonds. The Kier molecular flexibility index (Phi) is 3.78. The number of halogens is 1. The van der Waals surface area contributed by atoms with E-state index in [-0.39, 0.29) is 23.5 Å². The summed E-state index contributed by atoms with van der Waals surface area (Å²) < 4.78 is 19.1. The molecule has 0 radical (unpaired) electrons. The van der Waals surface area contributed by atoms with Crippen molar-refractivity contribution < 1.29 is 13.9 Å². The number of Topliss-reactive ketones (excluding diaryl/α,β-unsaturated/α-hetero) is 1. The lowest BCUT2D eigenvalue weighted by atomic mass is 9.96. The van der Waals surface area contributed by atoms with E-state index in [2.05, 4.69) is 5.32 Å². The normalized spacial score (nSPS) is 23.3. The number of hydrogen-bond donors (Lipinski definition) is 1. The molecule has 98 valence electrons. The Morgan fingerprint density at radius 1 is 1.44 bits per heavy atom. The Hall–Kier alpha value is -1.26. The van der Waals surface area contributed by atoms with E-state index in [0.29, 0.717) is 18.5 Å². The zero-order chi connectivity index (χ0) is 13.3. The molecular weight excluding hydrogens is 233 g/mol. The average Bonchev–Trinajstić information content (AvgIpc) is 2.75. The zero-order valence-electron chi connectivity index (χ0n) is 10.9. The van der Waals surface area contributed by atoms with Gasteiger partial charge in [0.05, 0.1) is 17.7 Å².